The molecule has 2 rings (SSSR count). The van der Waals surface area contributed by atoms with E-state index in [1.807, 2.05) is 20.8 Å². The van der Waals surface area contributed by atoms with Crippen LogP contribution in [0.25, 0.3) is 0 Å². The quantitative estimate of drug-likeness (QED) is 0.847. The molecule has 2 fully saturated rings. The van der Waals surface area contributed by atoms with Gasteiger partial charge >= 0.3 is 12.1 Å². The first-order chi connectivity index (χ1) is 10.7. The minimum Gasteiger partial charge on any atom is -0.479 e. The number of amides is 1. The van der Waals surface area contributed by atoms with Crippen LogP contribution in [0.5, 0.6) is 0 Å². The van der Waals surface area contributed by atoms with E-state index in [1.165, 1.54) is 0 Å². The second-order valence-electron chi connectivity index (χ2n) is 7.28. The zero-order chi connectivity index (χ0) is 17.0. The van der Waals surface area contributed by atoms with Gasteiger partial charge in [0.2, 0.25) is 0 Å². The van der Waals surface area contributed by atoms with Crippen LogP contribution in [0, 0.1) is 0 Å². The molecule has 7 nitrogen and oxygen atoms in total. The van der Waals surface area contributed by atoms with Gasteiger partial charge in [0, 0.05) is 26.2 Å². The molecule has 2 heterocycles. The first-order valence-electron chi connectivity index (χ1n) is 8.33. The lowest BCUT2D eigenvalue weighted by atomic mass is 10.2. The van der Waals surface area contributed by atoms with Gasteiger partial charge in [-0.3, -0.25) is 4.90 Å². The van der Waals surface area contributed by atoms with E-state index in [-0.39, 0.29) is 12.2 Å². The molecule has 132 valence electrons. The standard InChI is InChI=1S/C16H28N2O5/c1-16(2,3)23-15(21)18-8-4-7-17(9-10-18)11-12-5-6-13(22-12)14(19)20/h12-13H,4-11H2,1-3H3,(H,19,20). The SMILES string of the molecule is CC(C)(C)OC(=O)N1CCCN(CC2CCC(C(=O)O)O2)CC1. The van der Waals surface area contributed by atoms with E-state index < -0.39 is 17.7 Å². The molecule has 2 unspecified atom stereocenters. The van der Waals surface area contributed by atoms with Crippen molar-refractivity contribution in [3.63, 3.8) is 0 Å². The topological polar surface area (TPSA) is 79.3 Å². The molecule has 2 aliphatic heterocycles. The number of nitrogens with zero attached hydrogens (tertiary/aromatic N) is 2. The van der Waals surface area contributed by atoms with Crippen molar-refractivity contribution in [1.82, 2.24) is 9.80 Å². The number of aliphatic carboxylic acids is 1. The van der Waals surface area contributed by atoms with Crippen molar-refractivity contribution in [3.05, 3.63) is 0 Å². The zero-order valence-corrected chi connectivity index (χ0v) is 14.3. The lowest BCUT2D eigenvalue weighted by Crippen LogP contribution is -2.40. The van der Waals surface area contributed by atoms with Crippen molar-refractivity contribution in [2.75, 3.05) is 32.7 Å². The molecule has 2 saturated heterocycles. The summed E-state index contributed by atoms with van der Waals surface area (Å²) in [5, 5.41) is 8.97. The number of ether oxygens (including phenoxy) is 2. The fraction of sp³-hybridized carbons (Fsp3) is 0.875. The third-order valence-corrected chi connectivity index (χ3v) is 4.09. The van der Waals surface area contributed by atoms with Crippen molar-refractivity contribution in [2.24, 2.45) is 0 Å². The third kappa shape index (κ3) is 5.66. The van der Waals surface area contributed by atoms with Crippen LogP contribution in [0.2, 0.25) is 0 Å². The predicted molar refractivity (Wildman–Crippen MR) is 84.4 cm³/mol. The lowest BCUT2D eigenvalue weighted by molar-refractivity contribution is -0.149. The van der Waals surface area contributed by atoms with Crippen LogP contribution in [-0.2, 0) is 14.3 Å². The Labute approximate surface area is 137 Å². The number of carboxylic acid groups (broad SMARTS) is 1. The highest BCUT2D eigenvalue weighted by Crippen LogP contribution is 2.21. The number of hydrogen-bond acceptors (Lipinski definition) is 5. The van der Waals surface area contributed by atoms with Crippen molar-refractivity contribution in [1.29, 1.82) is 0 Å². The van der Waals surface area contributed by atoms with E-state index in [4.69, 9.17) is 14.6 Å². The molecule has 0 aromatic carbocycles. The number of rotatable bonds is 3. The van der Waals surface area contributed by atoms with Crippen molar-refractivity contribution in [2.45, 2.75) is 57.8 Å². The number of carbonyl (C=O) groups is 2. The summed E-state index contributed by atoms with van der Waals surface area (Å²) in [6.45, 7) is 9.29. The highest BCUT2D eigenvalue weighted by molar-refractivity contribution is 5.72. The molecular formula is C16H28N2O5. The number of carbonyl (C=O) groups excluding carboxylic acids is 1. The Kier molecular flexibility index (Phi) is 5.86. The predicted octanol–water partition coefficient (Wildman–Crippen LogP) is 1.56. The largest absolute Gasteiger partial charge is 0.479 e. The van der Waals surface area contributed by atoms with Crippen LogP contribution in [0.1, 0.15) is 40.0 Å². The Morgan fingerprint density at radius 2 is 1.91 bits per heavy atom. The lowest BCUT2D eigenvalue weighted by Gasteiger charge is -2.27. The first-order valence-corrected chi connectivity index (χ1v) is 8.33. The van der Waals surface area contributed by atoms with E-state index in [0.717, 1.165) is 32.5 Å². The monoisotopic (exact) mass is 328 g/mol. The van der Waals surface area contributed by atoms with Gasteiger partial charge < -0.3 is 19.5 Å². The minimum atomic E-state index is -0.875. The van der Waals surface area contributed by atoms with Gasteiger partial charge in [-0.1, -0.05) is 0 Å². The van der Waals surface area contributed by atoms with Crippen molar-refractivity contribution < 1.29 is 24.2 Å². The average molecular weight is 328 g/mol. The summed E-state index contributed by atoms with van der Waals surface area (Å²) in [5.74, 6) is -0.875. The van der Waals surface area contributed by atoms with Crippen LogP contribution >= 0.6 is 0 Å². The number of hydrogen-bond donors (Lipinski definition) is 1. The maximum atomic E-state index is 12.1. The molecule has 23 heavy (non-hydrogen) atoms. The molecule has 1 amide bonds. The van der Waals surface area contributed by atoms with E-state index in [9.17, 15) is 9.59 Å². The maximum absolute atomic E-state index is 12.1. The van der Waals surface area contributed by atoms with Gasteiger partial charge in [0.25, 0.3) is 0 Å². The molecule has 0 aromatic rings. The first kappa shape index (κ1) is 18.0. The van der Waals surface area contributed by atoms with Gasteiger partial charge in [-0.15, -0.1) is 0 Å². The van der Waals surface area contributed by atoms with Gasteiger partial charge in [0.1, 0.15) is 5.60 Å². The van der Waals surface area contributed by atoms with Crippen LogP contribution in [0.3, 0.4) is 0 Å². The van der Waals surface area contributed by atoms with Crippen LogP contribution in [0.4, 0.5) is 4.79 Å². The minimum absolute atomic E-state index is 0.0239. The van der Waals surface area contributed by atoms with E-state index in [1.54, 1.807) is 4.90 Å². The van der Waals surface area contributed by atoms with Gasteiger partial charge in [-0.05, 0) is 46.6 Å². The fourth-order valence-electron chi connectivity index (χ4n) is 2.97. The van der Waals surface area contributed by atoms with Crippen LogP contribution in [-0.4, -0.2) is 77.5 Å². The Bertz CT molecular complexity index is 435. The summed E-state index contributed by atoms with van der Waals surface area (Å²) in [4.78, 5) is 27.1. The molecule has 0 aliphatic carbocycles. The van der Waals surface area contributed by atoms with E-state index in [0.29, 0.717) is 19.5 Å². The average Bonchev–Trinajstić information content (AvgIpc) is 2.76. The van der Waals surface area contributed by atoms with Crippen molar-refractivity contribution >= 4 is 12.1 Å². The van der Waals surface area contributed by atoms with Crippen LogP contribution in [0.15, 0.2) is 0 Å². The van der Waals surface area contributed by atoms with Crippen molar-refractivity contribution in [3.8, 4) is 0 Å². The maximum Gasteiger partial charge on any atom is 0.410 e. The molecule has 7 heteroatoms. The Hall–Kier alpha value is -1.34. The van der Waals surface area contributed by atoms with Gasteiger partial charge in [-0.25, -0.2) is 9.59 Å². The molecular weight excluding hydrogens is 300 g/mol. The molecule has 2 aliphatic rings. The fourth-order valence-corrected chi connectivity index (χ4v) is 2.97. The number of carboxylic acids is 1. The molecule has 2 atom stereocenters. The van der Waals surface area contributed by atoms with Gasteiger partial charge in [0.15, 0.2) is 6.10 Å². The normalized spacial score (nSPS) is 26.8. The highest BCUT2D eigenvalue weighted by Gasteiger charge is 2.32. The second-order valence-corrected chi connectivity index (χ2v) is 7.28. The molecule has 0 aromatic heterocycles. The summed E-state index contributed by atoms with van der Waals surface area (Å²) in [7, 11) is 0. The molecule has 0 saturated carbocycles. The molecule has 0 bridgehead atoms. The zero-order valence-electron chi connectivity index (χ0n) is 14.3. The smallest absolute Gasteiger partial charge is 0.410 e. The Balaban J connectivity index is 1.78. The summed E-state index contributed by atoms with van der Waals surface area (Å²) in [6.07, 6.45) is 1.30. The van der Waals surface area contributed by atoms with Crippen LogP contribution < -0.4 is 0 Å². The molecule has 1 N–H and O–H groups in total. The third-order valence-electron chi connectivity index (χ3n) is 4.09. The molecule has 0 spiro atoms. The second kappa shape index (κ2) is 7.49. The Morgan fingerprint density at radius 3 is 2.52 bits per heavy atom. The van der Waals surface area contributed by atoms with E-state index in [2.05, 4.69) is 4.90 Å². The highest BCUT2D eigenvalue weighted by atomic mass is 16.6. The summed E-state index contributed by atoms with van der Waals surface area (Å²) >= 11 is 0. The molecule has 0 radical (unpaired) electrons. The van der Waals surface area contributed by atoms with Gasteiger partial charge in [0.05, 0.1) is 6.10 Å². The summed E-state index contributed by atoms with van der Waals surface area (Å²) in [6, 6.07) is 0. The van der Waals surface area contributed by atoms with Gasteiger partial charge in [-0.2, -0.15) is 0 Å². The summed E-state index contributed by atoms with van der Waals surface area (Å²) in [5.41, 5.74) is -0.480. The van der Waals surface area contributed by atoms with E-state index >= 15 is 0 Å². The summed E-state index contributed by atoms with van der Waals surface area (Å²) < 4.78 is 11.0. The Morgan fingerprint density at radius 1 is 1.17 bits per heavy atom.